The molecule has 0 aliphatic heterocycles. The molecule has 1 amide bonds. The summed E-state index contributed by atoms with van der Waals surface area (Å²) in [4.78, 5) is 40.2. The van der Waals surface area contributed by atoms with E-state index in [1.165, 1.54) is 231 Å². The minimum atomic E-state index is -4.71. The number of nitrogens with one attached hydrogen (secondary N) is 1. The Labute approximate surface area is 552 Å². The van der Waals surface area contributed by atoms with Gasteiger partial charge < -0.3 is 28.5 Å². The highest BCUT2D eigenvalue weighted by Gasteiger charge is 2.27. The van der Waals surface area contributed by atoms with Gasteiger partial charge in [0, 0.05) is 12.8 Å². The number of quaternary nitrogens is 1. The first kappa shape index (κ1) is 86.2. The Hall–Kier alpha value is -2.81. The van der Waals surface area contributed by atoms with E-state index in [1.54, 1.807) is 0 Å². The van der Waals surface area contributed by atoms with Gasteiger partial charge in [-0.1, -0.05) is 324 Å². The van der Waals surface area contributed by atoms with E-state index in [0.29, 0.717) is 17.4 Å². The lowest BCUT2D eigenvalue weighted by atomic mass is 10.0. The normalized spacial score (nSPS) is 13.9. The van der Waals surface area contributed by atoms with Crippen molar-refractivity contribution in [1.82, 2.24) is 5.32 Å². The SMILES string of the molecule is CC/C=C\C/C=C\C/C=C\C/C=C\C/C=C\CCCCCCCCCCCCCC(=O)OC(/C=C/CCCCCCCCCCC)C(COP(=O)([O-])OCC[N+](C)(C)C)NC(=O)CCCCCCCCCCCCCCCCC/C=C/CCCCCCCC. The van der Waals surface area contributed by atoms with Crippen LogP contribution in [-0.4, -0.2) is 69.4 Å². The van der Waals surface area contributed by atoms with Gasteiger partial charge >= 0.3 is 5.97 Å². The standard InChI is InChI=1S/C79H145N2O7P/c1-7-10-13-16-19-22-25-27-29-31-33-35-37-39-40-42-44-46-48-50-52-54-57-60-63-66-69-72-79(83)88-77(70-67-64-61-58-55-24-21-18-15-12-9-3)76(75-87-89(84,85)86-74-73-81(4,5)6)80-78(82)71-68-65-62-59-56-53-51-49-47-45-43-41-38-36-34-32-30-28-26-23-20-17-14-11-8-2/h10,13,19,22,27-30,33,35,39-40,67,70,76-77H,7-9,11-12,14-18,20-21,23-26,31-32,34,36-38,41-66,68-69,71-75H2,1-6H3,(H-,80,82,84,85)/b13-10-,22-19-,29-27-,30-28+,35-33-,40-39-,70-67+. The molecule has 0 bridgehead atoms. The number of esters is 1. The lowest BCUT2D eigenvalue weighted by Gasteiger charge is -2.30. The van der Waals surface area contributed by atoms with Crippen LogP contribution < -0.4 is 10.2 Å². The number of phosphoric ester groups is 1. The second-order valence-corrected chi connectivity index (χ2v) is 28.2. The molecule has 0 fully saturated rings. The highest BCUT2D eigenvalue weighted by Crippen LogP contribution is 2.38. The number of allylic oxidation sites excluding steroid dienone is 13. The van der Waals surface area contributed by atoms with Gasteiger partial charge in [0.25, 0.3) is 7.82 Å². The summed E-state index contributed by atoms with van der Waals surface area (Å²) in [6, 6.07) is -0.893. The van der Waals surface area contributed by atoms with Crippen molar-refractivity contribution in [3.05, 3.63) is 85.1 Å². The number of rotatable bonds is 69. The summed E-state index contributed by atoms with van der Waals surface area (Å²) in [6.07, 6.45) is 91.5. The molecule has 10 heteroatoms. The number of hydrogen-bond acceptors (Lipinski definition) is 7. The molecule has 0 heterocycles. The smallest absolute Gasteiger partial charge is 0.306 e. The van der Waals surface area contributed by atoms with Crippen molar-refractivity contribution in [2.24, 2.45) is 0 Å². The maximum atomic E-state index is 13.6. The van der Waals surface area contributed by atoms with Crippen molar-refractivity contribution < 1.29 is 37.3 Å². The van der Waals surface area contributed by atoms with Crippen LogP contribution in [0.3, 0.4) is 0 Å². The van der Waals surface area contributed by atoms with Gasteiger partial charge in [0.2, 0.25) is 5.91 Å². The van der Waals surface area contributed by atoms with Crippen molar-refractivity contribution in [2.45, 2.75) is 367 Å². The Morgan fingerprint density at radius 3 is 1.09 bits per heavy atom. The zero-order valence-electron chi connectivity index (χ0n) is 59.4. The number of carbonyl (C=O) groups excluding carboxylic acids is 2. The first-order valence-corrected chi connectivity index (χ1v) is 39.4. The van der Waals surface area contributed by atoms with E-state index >= 15 is 0 Å². The Balaban J connectivity index is 4.93. The molecule has 0 aromatic carbocycles. The van der Waals surface area contributed by atoms with E-state index in [-0.39, 0.29) is 31.5 Å². The number of hydrogen-bond donors (Lipinski definition) is 1. The van der Waals surface area contributed by atoms with E-state index in [4.69, 9.17) is 13.8 Å². The van der Waals surface area contributed by atoms with Gasteiger partial charge in [-0.25, -0.2) is 0 Å². The average Bonchev–Trinajstić information content (AvgIpc) is 3.71. The molecule has 0 saturated carbocycles. The first-order chi connectivity index (χ1) is 43.4. The van der Waals surface area contributed by atoms with Gasteiger partial charge in [-0.2, -0.15) is 0 Å². The quantitative estimate of drug-likeness (QED) is 0.0212. The molecule has 9 nitrogen and oxygen atoms in total. The number of unbranched alkanes of at least 4 members (excludes halogenated alkanes) is 41. The van der Waals surface area contributed by atoms with Crippen molar-refractivity contribution >= 4 is 19.7 Å². The summed E-state index contributed by atoms with van der Waals surface area (Å²) in [7, 11) is 1.19. The van der Waals surface area contributed by atoms with E-state index < -0.39 is 20.0 Å². The number of likely N-dealkylation sites (N-methyl/N-ethyl adjacent to an activating group) is 1. The summed E-state index contributed by atoms with van der Waals surface area (Å²) in [5.41, 5.74) is 0. The molecule has 3 unspecified atom stereocenters. The fourth-order valence-corrected chi connectivity index (χ4v) is 11.7. The fraction of sp³-hybridized carbons (Fsp3) is 0.797. The topological polar surface area (TPSA) is 114 Å². The molecule has 0 radical (unpaired) electrons. The number of carbonyl (C=O) groups is 2. The lowest BCUT2D eigenvalue weighted by molar-refractivity contribution is -0.870. The largest absolute Gasteiger partial charge is 0.756 e. The average molecular weight is 1270 g/mol. The van der Waals surface area contributed by atoms with Crippen LogP contribution in [0.2, 0.25) is 0 Å². The van der Waals surface area contributed by atoms with Crippen LogP contribution in [0, 0.1) is 0 Å². The van der Waals surface area contributed by atoms with Gasteiger partial charge in [0.05, 0.1) is 33.8 Å². The molecular weight excluding hydrogens is 1120 g/mol. The van der Waals surface area contributed by atoms with E-state index in [0.717, 1.165) is 89.9 Å². The Bertz CT molecular complexity index is 1800. The van der Waals surface area contributed by atoms with Gasteiger partial charge in [-0.3, -0.25) is 14.2 Å². The molecule has 1 N–H and O–H groups in total. The van der Waals surface area contributed by atoms with Crippen LogP contribution in [0.25, 0.3) is 0 Å². The molecule has 0 aromatic heterocycles. The van der Waals surface area contributed by atoms with Gasteiger partial charge in [-0.05, 0) is 102 Å². The van der Waals surface area contributed by atoms with Crippen LogP contribution in [0.1, 0.15) is 355 Å². The zero-order chi connectivity index (χ0) is 64.9. The summed E-state index contributed by atoms with van der Waals surface area (Å²) >= 11 is 0. The monoisotopic (exact) mass is 1270 g/mol. The van der Waals surface area contributed by atoms with Crippen molar-refractivity contribution in [1.29, 1.82) is 0 Å². The third-order valence-corrected chi connectivity index (χ3v) is 17.8. The molecule has 89 heavy (non-hydrogen) atoms. The summed E-state index contributed by atoms with van der Waals surface area (Å²) < 4.78 is 30.5. The minimum Gasteiger partial charge on any atom is -0.756 e. The molecule has 0 saturated heterocycles. The van der Waals surface area contributed by atoms with Gasteiger partial charge in [0.15, 0.2) is 0 Å². The van der Waals surface area contributed by atoms with Crippen LogP contribution in [0.15, 0.2) is 85.1 Å². The predicted molar refractivity (Wildman–Crippen MR) is 385 cm³/mol. The number of phosphoric acid groups is 1. The van der Waals surface area contributed by atoms with Crippen LogP contribution in [0.4, 0.5) is 0 Å². The molecule has 0 aliphatic carbocycles. The van der Waals surface area contributed by atoms with Crippen molar-refractivity contribution in [3.8, 4) is 0 Å². The summed E-state index contributed by atoms with van der Waals surface area (Å²) in [6.45, 7) is 6.76. The summed E-state index contributed by atoms with van der Waals surface area (Å²) in [5.74, 6) is -0.534. The minimum absolute atomic E-state index is 0.0238. The van der Waals surface area contributed by atoms with Gasteiger partial charge in [0.1, 0.15) is 19.3 Å². The van der Waals surface area contributed by atoms with Gasteiger partial charge in [-0.15, -0.1) is 0 Å². The van der Waals surface area contributed by atoms with Crippen LogP contribution in [-0.2, 0) is 27.9 Å². The van der Waals surface area contributed by atoms with E-state index in [9.17, 15) is 19.0 Å². The number of ether oxygens (including phenoxy) is 1. The second kappa shape index (κ2) is 68.1. The lowest BCUT2D eigenvalue weighted by Crippen LogP contribution is -2.47. The van der Waals surface area contributed by atoms with Crippen molar-refractivity contribution in [3.63, 3.8) is 0 Å². The fourth-order valence-electron chi connectivity index (χ4n) is 11.0. The first-order valence-electron chi connectivity index (χ1n) is 37.9. The Morgan fingerprint density at radius 1 is 0.404 bits per heavy atom. The Kier molecular flexibility index (Phi) is 65.9. The summed E-state index contributed by atoms with van der Waals surface area (Å²) in [5, 5.41) is 3.05. The predicted octanol–water partition coefficient (Wildman–Crippen LogP) is 23.8. The highest BCUT2D eigenvalue weighted by molar-refractivity contribution is 7.45. The zero-order valence-corrected chi connectivity index (χ0v) is 60.3. The molecule has 0 spiro atoms. The maximum Gasteiger partial charge on any atom is 0.306 e. The Morgan fingerprint density at radius 2 is 0.719 bits per heavy atom. The number of nitrogens with zero attached hydrogens (tertiary/aromatic N) is 1. The third-order valence-electron chi connectivity index (χ3n) is 16.8. The third kappa shape index (κ3) is 69.4. The highest BCUT2D eigenvalue weighted by atomic mass is 31.2. The molecule has 3 atom stereocenters. The van der Waals surface area contributed by atoms with Crippen molar-refractivity contribution in [2.75, 3.05) is 40.9 Å². The molecule has 518 valence electrons. The molecule has 0 aliphatic rings. The molecule has 0 rings (SSSR count). The molecular formula is C79H145N2O7P. The second-order valence-electron chi connectivity index (χ2n) is 26.8. The van der Waals surface area contributed by atoms with E-state index in [2.05, 4.69) is 99.0 Å². The molecule has 0 aromatic rings. The van der Waals surface area contributed by atoms with E-state index in [1.807, 2.05) is 33.3 Å². The number of amides is 1. The van der Waals surface area contributed by atoms with Crippen LogP contribution >= 0.6 is 7.82 Å². The van der Waals surface area contributed by atoms with Crippen LogP contribution in [0.5, 0.6) is 0 Å². The maximum absolute atomic E-state index is 13.6.